The molecular formula is C11H12ClNO4. The van der Waals surface area contributed by atoms with E-state index >= 15 is 0 Å². The topological polar surface area (TPSA) is 61.6 Å². The number of halogens is 1. The molecule has 0 amide bonds. The normalized spacial score (nSPS) is 28.3. The molecule has 1 saturated heterocycles. The molecule has 0 radical (unpaired) electrons. The van der Waals surface area contributed by atoms with Crippen molar-refractivity contribution in [2.45, 2.75) is 32.3 Å². The van der Waals surface area contributed by atoms with Gasteiger partial charge < -0.3 is 9.47 Å². The predicted molar refractivity (Wildman–Crippen MR) is 61.9 cm³/mol. The third kappa shape index (κ3) is 2.26. The largest absolute Gasteiger partial charge is 0.342 e. The van der Waals surface area contributed by atoms with Crippen LogP contribution in [0.2, 0.25) is 5.02 Å². The fourth-order valence-corrected chi connectivity index (χ4v) is 1.96. The van der Waals surface area contributed by atoms with Crippen molar-refractivity contribution < 1.29 is 14.4 Å². The van der Waals surface area contributed by atoms with Gasteiger partial charge in [-0.05, 0) is 19.9 Å². The van der Waals surface area contributed by atoms with Crippen molar-refractivity contribution in [2.75, 3.05) is 0 Å². The van der Waals surface area contributed by atoms with E-state index in [1.807, 2.05) is 13.8 Å². The SMILES string of the molecule is CC1OC(c2c(Cl)cccc2[N+](=O)[O-])OC1C. The number of hydrogen-bond acceptors (Lipinski definition) is 4. The molecule has 0 aromatic heterocycles. The van der Waals surface area contributed by atoms with E-state index in [2.05, 4.69) is 0 Å². The average molecular weight is 258 g/mol. The van der Waals surface area contributed by atoms with Crippen molar-refractivity contribution >= 4 is 17.3 Å². The van der Waals surface area contributed by atoms with Gasteiger partial charge in [0.1, 0.15) is 5.56 Å². The van der Waals surface area contributed by atoms with Crippen LogP contribution in [0.25, 0.3) is 0 Å². The number of benzene rings is 1. The van der Waals surface area contributed by atoms with Crippen LogP contribution in [-0.4, -0.2) is 17.1 Å². The lowest BCUT2D eigenvalue weighted by atomic mass is 10.1. The van der Waals surface area contributed by atoms with Crippen molar-refractivity contribution in [2.24, 2.45) is 0 Å². The summed E-state index contributed by atoms with van der Waals surface area (Å²) in [5, 5.41) is 11.2. The Morgan fingerprint density at radius 3 is 2.41 bits per heavy atom. The number of rotatable bonds is 2. The van der Waals surface area contributed by atoms with Crippen LogP contribution in [0.15, 0.2) is 18.2 Å². The Hall–Kier alpha value is -1.17. The van der Waals surface area contributed by atoms with Crippen molar-refractivity contribution in [1.29, 1.82) is 0 Å². The van der Waals surface area contributed by atoms with Gasteiger partial charge in [-0.15, -0.1) is 0 Å². The molecule has 1 aliphatic rings. The molecule has 6 heteroatoms. The molecule has 1 aliphatic heterocycles. The predicted octanol–water partition coefficient (Wildman–Crippen LogP) is 3.07. The Balaban J connectivity index is 2.41. The van der Waals surface area contributed by atoms with E-state index in [9.17, 15) is 10.1 Å². The third-order valence-corrected chi connectivity index (χ3v) is 3.13. The number of ether oxygens (including phenoxy) is 2. The summed E-state index contributed by atoms with van der Waals surface area (Å²) in [6.45, 7) is 3.71. The Kier molecular flexibility index (Phi) is 3.33. The van der Waals surface area contributed by atoms with Crippen LogP contribution in [0.3, 0.4) is 0 Å². The van der Waals surface area contributed by atoms with Crippen LogP contribution in [0, 0.1) is 10.1 Å². The number of hydrogen-bond donors (Lipinski definition) is 0. The molecule has 0 saturated carbocycles. The van der Waals surface area contributed by atoms with Crippen LogP contribution in [0.1, 0.15) is 25.7 Å². The Bertz CT molecular complexity index is 441. The number of nitro benzene ring substituents is 1. The molecule has 17 heavy (non-hydrogen) atoms. The average Bonchev–Trinajstić information content (AvgIpc) is 2.58. The van der Waals surface area contributed by atoms with Gasteiger partial charge >= 0.3 is 0 Å². The van der Waals surface area contributed by atoms with Gasteiger partial charge in [0.15, 0.2) is 6.29 Å². The molecule has 1 fully saturated rings. The highest BCUT2D eigenvalue weighted by Gasteiger charge is 2.36. The minimum atomic E-state index is -0.769. The lowest BCUT2D eigenvalue weighted by Crippen LogP contribution is -2.13. The molecule has 2 atom stereocenters. The zero-order valence-electron chi connectivity index (χ0n) is 9.42. The van der Waals surface area contributed by atoms with Gasteiger partial charge in [-0.2, -0.15) is 0 Å². The second-order valence-corrected chi connectivity index (χ2v) is 4.35. The quantitative estimate of drug-likeness (QED) is 0.603. The number of nitrogens with zero attached hydrogens (tertiary/aromatic N) is 1. The van der Waals surface area contributed by atoms with E-state index in [4.69, 9.17) is 21.1 Å². The molecule has 2 unspecified atom stereocenters. The molecule has 1 aromatic rings. The summed E-state index contributed by atoms with van der Waals surface area (Å²) in [7, 11) is 0. The van der Waals surface area contributed by atoms with E-state index in [0.717, 1.165) is 0 Å². The van der Waals surface area contributed by atoms with Crippen LogP contribution in [0.4, 0.5) is 5.69 Å². The van der Waals surface area contributed by atoms with Gasteiger partial charge in [-0.25, -0.2) is 0 Å². The molecular weight excluding hydrogens is 246 g/mol. The van der Waals surface area contributed by atoms with E-state index < -0.39 is 11.2 Å². The lowest BCUT2D eigenvalue weighted by molar-refractivity contribution is -0.386. The summed E-state index contributed by atoms with van der Waals surface area (Å²) in [5.41, 5.74) is 0.208. The summed E-state index contributed by atoms with van der Waals surface area (Å²) in [6.07, 6.45) is -0.999. The molecule has 1 heterocycles. The van der Waals surface area contributed by atoms with Gasteiger partial charge in [0.2, 0.25) is 0 Å². The summed E-state index contributed by atoms with van der Waals surface area (Å²) >= 11 is 5.98. The van der Waals surface area contributed by atoms with Gasteiger partial charge in [-0.3, -0.25) is 10.1 Å². The zero-order chi connectivity index (χ0) is 12.6. The van der Waals surface area contributed by atoms with Gasteiger partial charge in [-0.1, -0.05) is 17.7 Å². The summed E-state index contributed by atoms with van der Waals surface area (Å²) < 4.78 is 11.0. The highest BCUT2D eigenvalue weighted by atomic mass is 35.5. The van der Waals surface area contributed by atoms with E-state index in [1.165, 1.54) is 12.1 Å². The van der Waals surface area contributed by atoms with Crippen molar-refractivity contribution in [3.8, 4) is 0 Å². The molecule has 2 rings (SSSR count). The first-order valence-corrected chi connectivity index (χ1v) is 5.62. The fraction of sp³-hybridized carbons (Fsp3) is 0.455. The minimum absolute atomic E-state index is 0.0798. The third-order valence-electron chi connectivity index (χ3n) is 2.80. The van der Waals surface area contributed by atoms with Crippen molar-refractivity contribution in [3.05, 3.63) is 38.9 Å². The molecule has 0 bridgehead atoms. The summed E-state index contributed by atoms with van der Waals surface area (Å²) in [5.74, 6) is 0. The molecule has 0 spiro atoms. The monoisotopic (exact) mass is 257 g/mol. The second kappa shape index (κ2) is 4.60. The molecule has 0 N–H and O–H groups in total. The van der Waals surface area contributed by atoms with Crippen LogP contribution >= 0.6 is 11.6 Å². The first-order valence-electron chi connectivity index (χ1n) is 5.24. The molecule has 5 nitrogen and oxygen atoms in total. The van der Waals surface area contributed by atoms with Gasteiger partial charge in [0.05, 0.1) is 22.2 Å². The van der Waals surface area contributed by atoms with Crippen LogP contribution in [-0.2, 0) is 9.47 Å². The Morgan fingerprint density at radius 1 is 1.29 bits per heavy atom. The highest BCUT2D eigenvalue weighted by Crippen LogP contribution is 2.39. The number of nitro groups is 1. The lowest BCUT2D eigenvalue weighted by Gasteiger charge is -2.12. The molecule has 0 aliphatic carbocycles. The van der Waals surface area contributed by atoms with Gasteiger partial charge in [0.25, 0.3) is 5.69 Å². The summed E-state index contributed by atoms with van der Waals surface area (Å²) in [4.78, 5) is 10.4. The smallest absolute Gasteiger partial charge is 0.279 e. The zero-order valence-corrected chi connectivity index (χ0v) is 10.2. The maximum absolute atomic E-state index is 10.9. The van der Waals surface area contributed by atoms with E-state index in [-0.39, 0.29) is 28.5 Å². The highest BCUT2D eigenvalue weighted by molar-refractivity contribution is 6.31. The molecule has 92 valence electrons. The molecule has 1 aromatic carbocycles. The van der Waals surface area contributed by atoms with Gasteiger partial charge in [0, 0.05) is 6.07 Å². The van der Waals surface area contributed by atoms with E-state index in [0.29, 0.717) is 0 Å². The van der Waals surface area contributed by atoms with Crippen LogP contribution < -0.4 is 0 Å². The Morgan fingerprint density at radius 2 is 1.88 bits per heavy atom. The fourth-order valence-electron chi connectivity index (χ4n) is 1.70. The van der Waals surface area contributed by atoms with Crippen LogP contribution in [0.5, 0.6) is 0 Å². The standard InChI is InChI=1S/C11H12ClNO4/c1-6-7(2)17-11(16-6)10-8(12)4-3-5-9(10)13(14)15/h3-7,11H,1-2H3. The van der Waals surface area contributed by atoms with Crippen molar-refractivity contribution in [3.63, 3.8) is 0 Å². The Labute approximate surface area is 103 Å². The minimum Gasteiger partial charge on any atom is -0.342 e. The van der Waals surface area contributed by atoms with Crippen molar-refractivity contribution in [1.82, 2.24) is 0 Å². The second-order valence-electron chi connectivity index (χ2n) is 3.94. The maximum atomic E-state index is 10.9. The van der Waals surface area contributed by atoms with E-state index in [1.54, 1.807) is 6.07 Å². The first kappa shape index (κ1) is 12.3. The first-order chi connectivity index (χ1) is 8.00. The maximum Gasteiger partial charge on any atom is 0.279 e. The summed E-state index contributed by atoms with van der Waals surface area (Å²) in [6, 6.07) is 4.51.